The number of rotatable bonds is 6. The average molecular weight is 259 g/mol. The van der Waals surface area contributed by atoms with E-state index in [1.54, 1.807) is 37.6 Å². The van der Waals surface area contributed by atoms with Crippen LogP contribution in [0.1, 0.15) is 31.3 Å². The van der Waals surface area contributed by atoms with Gasteiger partial charge in [0, 0.05) is 14.0 Å². The lowest BCUT2D eigenvalue weighted by Crippen LogP contribution is -2.20. The van der Waals surface area contributed by atoms with Gasteiger partial charge in [0.15, 0.2) is 5.78 Å². The molecule has 0 aliphatic carbocycles. The highest BCUT2D eigenvalue weighted by molar-refractivity contribution is 7.62. The van der Waals surface area contributed by atoms with E-state index in [1.165, 1.54) is 6.92 Å². The first-order valence-corrected chi connectivity index (χ1v) is 7.06. The number of hydrogen-bond acceptors (Lipinski definition) is 4. The number of nitrogens with zero attached hydrogens (tertiary/aromatic N) is 1. The minimum atomic E-state index is -3.32. The van der Waals surface area contributed by atoms with Crippen molar-refractivity contribution in [3.63, 3.8) is 0 Å². The summed E-state index contributed by atoms with van der Waals surface area (Å²) in [5.74, 6) is -0.0849. The largest absolute Gasteiger partial charge is 0.377 e. The van der Waals surface area contributed by atoms with E-state index >= 15 is 0 Å². The highest BCUT2D eigenvalue weighted by Gasteiger charge is 2.30. The molecule has 1 heterocycles. The lowest BCUT2D eigenvalue weighted by molar-refractivity contribution is 0.101. The molecule has 17 heavy (non-hydrogen) atoms. The van der Waals surface area contributed by atoms with Crippen LogP contribution in [0, 0.1) is 0 Å². The molecule has 0 fully saturated rings. The summed E-state index contributed by atoms with van der Waals surface area (Å²) >= 11 is 0. The molecule has 0 saturated heterocycles. The van der Waals surface area contributed by atoms with Crippen LogP contribution in [0.3, 0.4) is 0 Å². The first kappa shape index (κ1) is 14.2. The highest BCUT2D eigenvalue weighted by Crippen LogP contribution is 2.46. The van der Waals surface area contributed by atoms with Gasteiger partial charge in [-0.3, -0.25) is 9.36 Å². The molecule has 0 atom stereocenters. The van der Waals surface area contributed by atoms with Crippen molar-refractivity contribution in [3.8, 4) is 0 Å². The summed E-state index contributed by atoms with van der Waals surface area (Å²) in [7, 11) is -1.64. The molecule has 0 spiro atoms. The molecule has 0 amide bonds. The maximum atomic E-state index is 12.5. The third kappa shape index (κ3) is 2.86. The smallest absolute Gasteiger partial charge is 0.335 e. The minimum Gasteiger partial charge on any atom is -0.335 e. The molecule has 0 unspecified atom stereocenters. The monoisotopic (exact) mass is 259 g/mol. The average Bonchev–Trinajstić information content (AvgIpc) is 2.61. The van der Waals surface area contributed by atoms with Gasteiger partial charge in [-0.25, -0.2) is 0 Å². The third-order valence-corrected chi connectivity index (χ3v) is 4.54. The van der Waals surface area contributed by atoms with E-state index in [-0.39, 0.29) is 19.0 Å². The van der Waals surface area contributed by atoms with E-state index in [0.29, 0.717) is 11.1 Å². The van der Waals surface area contributed by atoms with E-state index < -0.39 is 7.60 Å². The number of ketones is 1. The van der Waals surface area contributed by atoms with Crippen molar-refractivity contribution in [2.24, 2.45) is 7.05 Å². The molecular formula is C11H18NO4P. The number of hydrogen-bond donors (Lipinski definition) is 0. The van der Waals surface area contributed by atoms with Crippen LogP contribution in [0.5, 0.6) is 0 Å². The molecule has 1 aromatic rings. The summed E-state index contributed by atoms with van der Waals surface area (Å²) in [5.41, 5.74) is 0.894. The maximum absolute atomic E-state index is 12.5. The number of carbonyl (C=O) groups excluding carboxylic acids is 1. The SMILES string of the molecule is CCOP(=O)(OCC)c1ccc(C(C)=O)n1C. The van der Waals surface area contributed by atoms with Gasteiger partial charge in [-0.15, -0.1) is 0 Å². The Hall–Kier alpha value is -0.900. The molecule has 96 valence electrons. The summed E-state index contributed by atoms with van der Waals surface area (Å²) in [6, 6.07) is 3.24. The Bertz CT molecular complexity index is 442. The zero-order valence-corrected chi connectivity index (χ0v) is 11.5. The summed E-state index contributed by atoms with van der Waals surface area (Å²) in [5, 5.41) is 0. The van der Waals surface area contributed by atoms with E-state index in [2.05, 4.69) is 0 Å². The van der Waals surface area contributed by atoms with Crippen LogP contribution in [-0.4, -0.2) is 23.6 Å². The highest BCUT2D eigenvalue weighted by atomic mass is 31.2. The molecule has 0 aliphatic heterocycles. The van der Waals surface area contributed by atoms with Crippen LogP contribution >= 0.6 is 7.60 Å². The molecule has 0 bridgehead atoms. The molecule has 0 aliphatic rings. The van der Waals surface area contributed by atoms with Gasteiger partial charge in [0.25, 0.3) is 0 Å². The molecular weight excluding hydrogens is 241 g/mol. The standard InChI is InChI=1S/C11H18NO4P/c1-5-15-17(14,16-6-2)11-8-7-10(9(3)13)12(11)4/h7-8H,5-6H2,1-4H3. The third-order valence-electron chi connectivity index (χ3n) is 2.33. The first-order valence-electron chi connectivity index (χ1n) is 5.52. The predicted octanol–water partition coefficient (Wildman–Crippen LogP) is 2.12. The Kier molecular flexibility index (Phi) is 4.69. The van der Waals surface area contributed by atoms with Crippen LogP contribution in [-0.2, 0) is 20.7 Å². The van der Waals surface area contributed by atoms with Crippen molar-refractivity contribution in [1.29, 1.82) is 0 Å². The molecule has 1 aromatic heterocycles. The topological polar surface area (TPSA) is 57.5 Å². The van der Waals surface area contributed by atoms with Crippen LogP contribution in [0.25, 0.3) is 0 Å². The van der Waals surface area contributed by atoms with Crippen LogP contribution in [0.2, 0.25) is 0 Å². The molecule has 5 nitrogen and oxygen atoms in total. The lowest BCUT2D eigenvalue weighted by atomic mass is 10.3. The first-order chi connectivity index (χ1) is 7.96. The van der Waals surface area contributed by atoms with Crippen molar-refractivity contribution in [2.75, 3.05) is 13.2 Å². The Morgan fingerprint density at radius 1 is 1.29 bits per heavy atom. The minimum absolute atomic E-state index is 0.0849. The molecule has 0 N–H and O–H groups in total. The van der Waals surface area contributed by atoms with Gasteiger partial charge in [-0.1, -0.05) is 0 Å². The predicted molar refractivity (Wildman–Crippen MR) is 65.9 cm³/mol. The summed E-state index contributed by atoms with van der Waals surface area (Å²) in [6.45, 7) is 5.54. The fraction of sp³-hybridized carbons (Fsp3) is 0.545. The van der Waals surface area contributed by atoms with Crippen LogP contribution < -0.4 is 5.44 Å². The Balaban J connectivity index is 3.20. The number of Topliss-reactive ketones (excluding diaryl/α,β-unsaturated/α-hetero) is 1. The molecule has 0 aromatic carbocycles. The summed E-state index contributed by atoms with van der Waals surface area (Å²) < 4.78 is 24.5. The second-order valence-electron chi connectivity index (χ2n) is 3.52. The molecule has 6 heteroatoms. The number of carbonyl (C=O) groups is 1. The van der Waals surface area contributed by atoms with Gasteiger partial charge >= 0.3 is 7.60 Å². The van der Waals surface area contributed by atoms with E-state index in [9.17, 15) is 9.36 Å². The Morgan fingerprint density at radius 2 is 1.82 bits per heavy atom. The Labute approximate surface area is 101 Å². The van der Waals surface area contributed by atoms with Gasteiger partial charge in [0.2, 0.25) is 0 Å². The van der Waals surface area contributed by atoms with Gasteiger partial charge in [-0.05, 0) is 26.0 Å². The van der Waals surface area contributed by atoms with Gasteiger partial charge in [-0.2, -0.15) is 0 Å². The van der Waals surface area contributed by atoms with E-state index in [0.717, 1.165) is 0 Å². The number of aromatic nitrogens is 1. The quantitative estimate of drug-likeness (QED) is 0.580. The second kappa shape index (κ2) is 5.63. The lowest BCUT2D eigenvalue weighted by Gasteiger charge is -2.17. The molecule has 0 radical (unpaired) electrons. The fourth-order valence-electron chi connectivity index (χ4n) is 1.64. The van der Waals surface area contributed by atoms with Crippen molar-refractivity contribution in [2.45, 2.75) is 20.8 Å². The fourth-order valence-corrected chi connectivity index (χ4v) is 3.39. The molecule has 1 rings (SSSR count). The van der Waals surface area contributed by atoms with Crippen molar-refractivity contribution < 1.29 is 18.4 Å². The zero-order valence-electron chi connectivity index (χ0n) is 10.6. The summed E-state index contributed by atoms with van der Waals surface area (Å²) in [4.78, 5) is 11.3. The van der Waals surface area contributed by atoms with Crippen LogP contribution in [0.4, 0.5) is 0 Å². The summed E-state index contributed by atoms with van der Waals surface area (Å²) in [6.07, 6.45) is 0. The zero-order chi connectivity index (χ0) is 13.1. The maximum Gasteiger partial charge on any atom is 0.377 e. The van der Waals surface area contributed by atoms with E-state index in [1.807, 2.05) is 0 Å². The van der Waals surface area contributed by atoms with Gasteiger partial charge < -0.3 is 13.6 Å². The van der Waals surface area contributed by atoms with E-state index in [4.69, 9.17) is 9.05 Å². The Morgan fingerprint density at radius 3 is 2.18 bits per heavy atom. The van der Waals surface area contributed by atoms with Crippen molar-refractivity contribution in [3.05, 3.63) is 17.8 Å². The van der Waals surface area contributed by atoms with Crippen molar-refractivity contribution >= 4 is 18.8 Å². The van der Waals surface area contributed by atoms with Crippen LogP contribution in [0.15, 0.2) is 12.1 Å². The van der Waals surface area contributed by atoms with Crippen molar-refractivity contribution in [1.82, 2.24) is 4.57 Å². The van der Waals surface area contributed by atoms with Gasteiger partial charge in [0.1, 0.15) is 5.44 Å². The second-order valence-corrected chi connectivity index (χ2v) is 5.49. The molecule has 0 saturated carbocycles. The van der Waals surface area contributed by atoms with Gasteiger partial charge in [0.05, 0.1) is 18.9 Å². The normalized spacial score (nSPS) is 11.8.